The van der Waals surface area contributed by atoms with E-state index in [-0.39, 0.29) is 6.61 Å². The standard InChI is InChI=1S/C11H17ClN2O2/c1-14(2)11-4-3-8(5-10(11)12)13-6-9(16)7-15/h3-5,9,13,15-16H,6-7H2,1-2H3. The number of nitrogens with zero attached hydrogens (tertiary/aromatic N) is 1. The quantitative estimate of drug-likeness (QED) is 0.728. The third-order valence-electron chi connectivity index (χ3n) is 2.18. The lowest BCUT2D eigenvalue weighted by Crippen LogP contribution is -2.22. The number of aliphatic hydroxyl groups is 2. The molecule has 1 atom stereocenters. The van der Waals surface area contributed by atoms with Gasteiger partial charge < -0.3 is 20.4 Å². The summed E-state index contributed by atoms with van der Waals surface area (Å²) in [5, 5.41) is 21.5. The number of hydrogen-bond acceptors (Lipinski definition) is 4. The van der Waals surface area contributed by atoms with Crippen LogP contribution in [0.15, 0.2) is 18.2 Å². The van der Waals surface area contributed by atoms with Gasteiger partial charge in [-0.1, -0.05) is 11.6 Å². The van der Waals surface area contributed by atoms with Crippen molar-refractivity contribution in [3.05, 3.63) is 23.2 Å². The molecule has 0 spiro atoms. The van der Waals surface area contributed by atoms with Gasteiger partial charge in [-0.3, -0.25) is 0 Å². The van der Waals surface area contributed by atoms with Gasteiger partial charge in [-0.15, -0.1) is 0 Å². The van der Waals surface area contributed by atoms with Gasteiger partial charge in [-0.05, 0) is 18.2 Å². The number of nitrogens with one attached hydrogen (secondary N) is 1. The van der Waals surface area contributed by atoms with Crippen LogP contribution in [0.4, 0.5) is 11.4 Å². The minimum absolute atomic E-state index is 0.253. The average molecular weight is 245 g/mol. The van der Waals surface area contributed by atoms with Gasteiger partial charge >= 0.3 is 0 Å². The van der Waals surface area contributed by atoms with Crippen LogP contribution < -0.4 is 10.2 Å². The van der Waals surface area contributed by atoms with Crippen LogP contribution in [0.1, 0.15) is 0 Å². The molecule has 4 nitrogen and oxygen atoms in total. The van der Waals surface area contributed by atoms with E-state index in [2.05, 4.69) is 5.32 Å². The molecule has 0 amide bonds. The van der Waals surface area contributed by atoms with E-state index in [9.17, 15) is 5.11 Å². The highest BCUT2D eigenvalue weighted by Gasteiger charge is 2.05. The molecule has 0 bridgehead atoms. The summed E-state index contributed by atoms with van der Waals surface area (Å²) < 4.78 is 0. The molecule has 0 heterocycles. The Morgan fingerprint density at radius 1 is 1.44 bits per heavy atom. The molecule has 0 fully saturated rings. The molecule has 0 aliphatic rings. The van der Waals surface area contributed by atoms with Crippen LogP contribution in [0.2, 0.25) is 5.02 Å². The summed E-state index contributed by atoms with van der Waals surface area (Å²) in [6.07, 6.45) is -0.757. The Kier molecular flexibility index (Phi) is 4.86. The molecule has 0 radical (unpaired) electrons. The first-order chi connectivity index (χ1) is 7.54. The maximum absolute atomic E-state index is 9.18. The number of rotatable bonds is 5. The minimum atomic E-state index is -0.757. The zero-order chi connectivity index (χ0) is 12.1. The highest BCUT2D eigenvalue weighted by Crippen LogP contribution is 2.27. The number of halogens is 1. The maximum atomic E-state index is 9.18. The molecule has 1 unspecified atom stereocenters. The molecule has 1 aromatic carbocycles. The molecule has 0 aliphatic heterocycles. The summed E-state index contributed by atoms with van der Waals surface area (Å²) in [7, 11) is 3.84. The van der Waals surface area contributed by atoms with Crippen molar-refractivity contribution in [2.24, 2.45) is 0 Å². The van der Waals surface area contributed by atoms with E-state index in [1.54, 1.807) is 6.07 Å². The smallest absolute Gasteiger partial charge is 0.0942 e. The maximum Gasteiger partial charge on any atom is 0.0942 e. The van der Waals surface area contributed by atoms with Crippen molar-refractivity contribution in [3.8, 4) is 0 Å². The first-order valence-electron chi connectivity index (χ1n) is 5.04. The molecule has 1 rings (SSSR count). The first kappa shape index (κ1) is 13.1. The molecular formula is C11H17ClN2O2. The van der Waals surface area contributed by atoms with E-state index in [0.29, 0.717) is 11.6 Å². The fraction of sp³-hybridized carbons (Fsp3) is 0.455. The van der Waals surface area contributed by atoms with Crippen molar-refractivity contribution in [1.29, 1.82) is 0 Å². The molecule has 5 heteroatoms. The lowest BCUT2D eigenvalue weighted by atomic mass is 10.2. The molecule has 0 aliphatic carbocycles. The lowest BCUT2D eigenvalue weighted by Gasteiger charge is -2.16. The molecule has 16 heavy (non-hydrogen) atoms. The molecule has 90 valence electrons. The highest BCUT2D eigenvalue weighted by atomic mass is 35.5. The molecule has 0 aromatic heterocycles. The zero-order valence-corrected chi connectivity index (χ0v) is 10.2. The molecule has 0 saturated heterocycles. The zero-order valence-electron chi connectivity index (χ0n) is 9.44. The second kappa shape index (κ2) is 5.94. The van der Waals surface area contributed by atoms with Gasteiger partial charge in [0, 0.05) is 26.3 Å². The van der Waals surface area contributed by atoms with Gasteiger partial charge in [0.25, 0.3) is 0 Å². The van der Waals surface area contributed by atoms with Crippen molar-refractivity contribution in [1.82, 2.24) is 0 Å². The van der Waals surface area contributed by atoms with E-state index in [1.807, 2.05) is 31.1 Å². The fourth-order valence-corrected chi connectivity index (χ4v) is 1.63. The van der Waals surface area contributed by atoms with E-state index in [1.165, 1.54) is 0 Å². The number of hydrogen-bond donors (Lipinski definition) is 3. The Labute approximate surface area is 100 Å². The van der Waals surface area contributed by atoms with E-state index >= 15 is 0 Å². The summed E-state index contributed by atoms with van der Waals surface area (Å²) >= 11 is 6.08. The summed E-state index contributed by atoms with van der Waals surface area (Å²) in [4.78, 5) is 1.93. The topological polar surface area (TPSA) is 55.7 Å². The van der Waals surface area contributed by atoms with Crippen molar-refractivity contribution in [3.63, 3.8) is 0 Å². The van der Waals surface area contributed by atoms with E-state index in [4.69, 9.17) is 16.7 Å². The minimum Gasteiger partial charge on any atom is -0.394 e. The predicted octanol–water partition coefficient (Wildman–Crippen LogP) is 1.17. The molecule has 1 aromatic rings. The predicted molar refractivity (Wildman–Crippen MR) is 67.4 cm³/mol. The second-order valence-electron chi connectivity index (χ2n) is 3.78. The van der Waals surface area contributed by atoms with E-state index in [0.717, 1.165) is 11.4 Å². The largest absolute Gasteiger partial charge is 0.394 e. The summed E-state index contributed by atoms with van der Waals surface area (Å²) in [6, 6.07) is 5.57. The van der Waals surface area contributed by atoms with Gasteiger partial charge in [-0.25, -0.2) is 0 Å². The second-order valence-corrected chi connectivity index (χ2v) is 4.19. The Morgan fingerprint density at radius 2 is 2.12 bits per heavy atom. The van der Waals surface area contributed by atoms with Crippen molar-refractivity contribution in [2.45, 2.75) is 6.10 Å². The van der Waals surface area contributed by atoms with E-state index < -0.39 is 6.10 Å². The van der Waals surface area contributed by atoms with Crippen molar-refractivity contribution in [2.75, 3.05) is 37.5 Å². The van der Waals surface area contributed by atoms with Crippen molar-refractivity contribution < 1.29 is 10.2 Å². The molecule has 3 N–H and O–H groups in total. The van der Waals surface area contributed by atoms with Crippen LogP contribution in [0, 0.1) is 0 Å². The van der Waals surface area contributed by atoms with Crippen LogP contribution in [-0.4, -0.2) is 43.6 Å². The lowest BCUT2D eigenvalue weighted by molar-refractivity contribution is 0.105. The number of benzene rings is 1. The Morgan fingerprint density at radius 3 is 2.62 bits per heavy atom. The van der Waals surface area contributed by atoms with Crippen molar-refractivity contribution >= 4 is 23.0 Å². The number of aliphatic hydroxyl groups excluding tert-OH is 2. The van der Waals surface area contributed by atoms with Crippen LogP contribution in [0.25, 0.3) is 0 Å². The average Bonchev–Trinajstić information content (AvgIpc) is 2.25. The monoisotopic (exact) mass is 244 g/mol. The van der Waals surface area contributed by atoms with Gasteiger partial charge in [0.05, 0.1) is 23.4 Å². The van der Waals surface area contributed by atoms with Gasteiger partial charge in [0.15, 0.2) is 0 Å². The Balaban J connectivity index is 2.66. The van der Waals surface area contributed by atoms with Gasteiger partial charge in [0.1, 0.15) is 0 Å². The van der Waals surface area contributed by atoms with Crippen LogP contribution in [0.3, 0.4) is 0 Å². The van der Waals surface area contributed by atoms with Gasteiger partial charge in [0.2, 0.25) is 0 Å². The summed E-state index contributed by atoms with van der Waals surface area (Å²) in [5.74, 6) is 0. The third-order valence-corrected chi connectivity index (χ3v) is 2.48. The first-order valence-corrected chi connectivity index (χ1v) is 5.42. The van der Waals surface area contributed by atoms with Crippen LogP contribution >= 0.6 is 11.6 Å². The normalized spacial score (nSPS) is 12.3. The number of anilines is 2. The third kappa shape index (κ3) is 3.56. The van der Waals surface area contributed by atoms with Gasteiger partial charge in [-0.2, -0.15) is 0 Å². The molecular weight excluding hydrogens is 228 g/mol. The van der Waals surface area contributed by atoms with Crippen LogP contribution in [-0.2, 0) is 0 Å². The molecule has 0 saturated carbocycles. The highest BCUT2D eigenvalue weighted by molar-refractivity contribution is 6.33. The summed E-state index contributed by atoms with van der Waals surface area (Å²) in [6.45, 7) is 0.0463. The summed E-state index contributed by atoms with van der Waals surface area (Å²) in [5.41, 5.74) is 1.76. The Hall–Kier alpha value is -0.970. The Bertz CT molecular complexity index is 345. The van der Waals surface area contributed by atoms with Crippen LogP contribution in [0.5, 0.6) is 0 Å². The SMILES string of the molecule is CN(C)c1ccc(NCC(O)CO)cc1Cl. The fourth-order valence-electron chi connectivity index (χ4n) is 1.28.